The molecule has 1 heterocycles. The average molecular weight is 234 g/mol. The molecule has 0 saturated heterocycles. The van der Waals surface area contributed by atoms with Crippen LogP contribution in [-0.2, 0) is 6.42 Å². The lowest BCUT2D eigenvalue weighted by Gasteiger charge is -2.21. The van der Waals surface area contributed by atoms with Crippen molar-refractivity contribution in [2.24, 2.45) is 5.92 Å². The number of hydrogen-bond acceptors (Lipinski definition) is 2. The van der Waals surface area contributed by atoms with Gasteiger partial charge in [-0.3, -0.25) is 4.98 Å². The van der Waals surface area contributed by atoms with Gasteiger partial charge >= 0.3 is 0 Å². The van der Waals surface area contributed by atoms with E-state index >= 15 is 0 Å². The maximum atomic E-state index is 4.38. The summed E-state index contributed by atoms with van der Waals surface area (Å²) >= 11 is 0. The molecule has 0 aliphatic rings. The molecule has 1 rings (SSSR count). The maximum Gasteiger partial charge on any atom is 0.0404 e. The fourth-order valence-corrected chi connectivity index (χ4v) is 2.11. The molecule has 1 N–H and O–H groups in total. The van der Waals surface area contributed by atoms with E-state index in [2.05, 4.69) is 43.2 Å². The summed E-state index contributed by atoms with van der Waals surface area (Å²) < 4.78 is 0. The fourth-order valence-electron chi connectivity index (χ4n) is 2.11. The number of pyridine rings is 1. The lowest BCUT2D eigenvalue weighted by Crippen LogP contribution is -2.31. The quantitative estimate of drug-likeness (QED) is 0.745. The summed E-state index contributed by atoms with van der Waals surface area (Å²) in [7, 11) is 0. The third-order valence-corrected chi connectivity index (χ3v) is 3.35. The highest BCUT2D eigenvalue weighted by Crippen LogP contribution is 2.13. The standard InChI is InChI=1S/C15H26N2/c1-4-13(3)12-15(16-5-2)10-9-14-8-6-7-11-17-14/h6-8,11,13,15-16H,4-5,9-10,12H2,1-3H3. The van der Waals surface area contributed by atoms with Crippen LogP contribution in [0, 0.1) is 5.92 Å². The van der Waals surface area contributed by atoms with E-state index in [4.69, 9.17) is 0 Å². The minimum absolute atomic E-state index is 0.636. The van der Waals surface area contributed by atoms with Crippen molar-refractivity contribution in [1.29, 1.82) is 0 Å². The minimum Gasteiger partial charge on any atom is -0.314 e. The molecule has 2 atom stereocenters. The van der Waals surface area contributed by atoms with Crippen LogP contribution in [0.4, 0.5) is 0 Å². The first-order chi connectivity index (χ1) is 8.26. The van der Waals surface area contributed by atoms with Crippen LogP contribution >= 0.6 is 0 Å². The van der Waals surface area contributed by atoms with E-state index in [0.29, 0.717) is 6.04 Å². The third kappa shape index (κ3) is 5.83. The zero-order valence-corrected chi connectivity index (χ0v) is 11.4. The monoisotopic (exact) mass is 234 g/mol. The number of aromatic nitrogens is 1. The van der Waals surface area contributed by atoms with Gasteiger partial charge in [-0.1, -0.05) is 33.3 Å². The van der Waals surface area contributed by atoms with E-state index in [1.54, 1.807) is 0 Å². The van der Waals surface area contributed by atoms with Gasteiger partial charge in [-0.05, 0) is 43.9 Å². The number of nitrogens with one attached hydrogen (secondary N) is 1. The van der Waals surface area contributed by atoms with Gasteiger partial charge in [0, 0.05) is 17.9 Å². The van der Waals surface area contributed by atoms with Gasteiger partial charge in [0.1, 0.15) is 0 Å². The Morgan fingerprint density at radius 2 is 2.12 bits per heavy atom. The van der Waals surface area contributed by atoms with Gasteiger partial charge in [0.05, 0.1) is 0 Å². The van der Waals surface area contributed by atoms with Gasteiger partial charge < -0.3 is 5.32 Å². The van der Waals surface area contributed by atoms with E-state index in [-0.39, 0.29) is 0 Å². The topological polar surface area (TPSA) is 24.9 Å². The summed E-state index contributed by atoms with van der Waals surface area (Å²) in [5.74, 6) is 0.808. The molecule has 0 amide bonds. The Bertz CT molecular complexity index is 284. The molecule has 0 spiro atoms. The van der Waals surface area contributed by atoms with Crippen LogP contribution in [0.2, 0.25) is 0 Å². The molecule has 2 unspecified atom stereocenters. The molecule has 0 saturated carbocycles. The zero-order chi connectivity index (χ0) is 12.5. The first-order valence-corrected chi connectivity index (χ1v) is 6.89. The van der Waals surface area contributed by atoms with Gasteiger partial charge in [-0.25, -0.2) is 0 Å². The third-order valence-electron chi connectivity index (χ3n) is 3.35. The molecule has 96 valence electrons. The molecule has 2 heteroatoms. The normalized spacial score (nSPS) is 14.5. The van der Waals surface area contributed by atoms with Crippen LogP contribution in [-0.4, -0.2) is 17.6 Å². The van der Waals surface area contributed by atoms with Gasteiger partial charge in [0.15, 0.2) is 0 Å². The van der Waals surface area contributed by atoms with Crippen molar-refractivity contribution < 1.29 is 0 Å². The van der Waals surface area contributed by atoms with Crippen LogP contribution in [0.5, 0.6) is 0 Å². The highest BCUT2D eigenvalue weighted by atomic mass is 14.9. The fraction of sp³-hybridized carbons (Fsp3) is 0.667. The summed E-state index contributed by atoms with van der Waals surface area (Å²) in [6.07, 6.45) is 6.69. The predicted molar refractivity (Wildman–Crippen MR) is 74.1 cm³/mol. The van der Waals surface area contributed by atoms with Crippen molar-refractivity contribution in [3.63, 3.8) is 0 Å². The van der Waals surface area contributed by atoms with E-state index in [0.717, 1.165) is 18.9 Å². The zero-order valence-electron chi connectivity index (χ0n) is 11.4. The molecule has 17 heavy (non-hydrogen) atoms. The number of aryl methyl sites for hydroxylation is 1. The van der Waals surface area contributed by atoms with Crippen molar-refractivity contribution in [3.05, 3.63) is 30.1 Å². The Labute approximate surface area is 106 Å². The van der Waals surface area contributed by atoms with E-state index in [9.17, 15) is 0 Å². The van der Waals surface area contributed by atoms with E-state index < -0.39 is 0 Å². The largest absolute Gasteiger partial charge is 0.314 e. The maximum absolute atomic E-state index is 4.38. The molecule has 0 radical (unpaired) electrons. The van der Waals surface area contributed by atoms with Crippen molar-refractivity contribution >= 4 is 0 Å². The molecule has 1 aromatic rings. The number of nitrogens with zero attached hydrogens (tertiary/aromatic N) is 1. The van der Waals surface area contributed by atoms with Crippen molar-refractivity contribution in [1.82, 2.24) is 10.3 Å². The SMILES string of the molecule is CCNC(CCc1ccccn1)CC(C)CC. The molecule has 0 aliphatic carbocycles. The van der Waals surface area contributed by atoms with Crippen LogP contribution in [0.1, 0.15) is 45.7 Å². The average Bonchev–Trinajstić information content (AvgIpc) is 2.37. The second kappa shape index (κ2) is 8.24. The highest BCUT2D eigenvalue weighted by Gasteiger charge is 2.11. The van der Waals surface area contributed by atoms with Crippen molar-refractivity contribution in [3.8, 4) is 0 Å². The van der Waals surface area contributed by atoms with Crippen LogP contribution in [0.3, 0.4) is 0 Å². The lowest BCUT2D eigenvalue weighted by atomic mass is 9.95. The van der Waals surface area contributed by atoms with Gasteiger partial charge in [-0.15, -0.1) is 0 Å². The van der Waals surface area contributed by atoms with Crippen molar-refractivity contribution in [2.45, 2.75) is 52.5 Å². The highest BCUT2D eigenvalue weighted by molar-refractivity contribution is 5.03. The molecule has 0 aliphatic heterocycles. The first-order valence-electron chi connectivity index (χ1n) is 6.89. The van der Waals surface area contributed by atoms with Crippen molar-refractivity contribution in [2.75, 3.05) is 6.54 Å². The summed E-state index contributed by atoms with van der Waals surface area (Å²) in [6.45, 7) is 7.85. The Balaban J connectivity index is 2.38. The smallest absolute Gasteiger partial charge is 0.0404 e. The summed E-state index contributed by atoms with van der Waals surface area (Å²) in [6, 6.07) is 6.80. The Hall–Kier alpha value is -0.890. The molecular weight excluding hydrogens is 208 g/mol. The Morgan fingerprint density at radius 1 is 1.29 bits per heavy atom. The van der Waals surface area contributed by atoms with Crippen LogP contribution in [0.15, 0.2) is 24.4 Å². The lowest BCUT2D eigenvalue weighted by molar-refractivity contribution is 0.381. The number of hydrogen-bond donors (Lipinski definition) is 1. The number of rotatable bonds is 8. The Morgan fingerprint density at radius 3 is 2.71 bits per heavy atom. The summed E-state index contributed by atoms with van der Waals surface area (Å²) in [5, 5.41) is 3.59. The molecule has 2 nitrogen and oxygen atoms in total. The molecule has 0 aromatic carbocycles. The molecular formula is C15H26N2. The van der Waals surface area contributed by atoms with E-state index in [1.807, 2.05) is 12.3 Å². The van der Waals surface area contributed by atoms with Crippen LogP contribution in [0.25, 0.3) is 0 Å². The molecule has 0 bridgehead atoms. The molecule has 0 fully saturated rings. The van der Waals surface area contributed by atoms with Gasteiger partial charge in [-0.2, -0.15) is 0 Å². The predicted octanol–water partition coefficient (Wildman–Crippen LogP) is 3.43. The van der Waals surface area contributed by atoms with Gasteiger partial charge in [0.25, 0.3) is 0 Å². The van der Waals surface area contributed by atoms with Crippen LogP contribution < -0.4 is 5.32 Å². The first kappa shape index (κ1) is 14.2. The minimum atomic E-state index is 0.636. The summed E-state index contributed by atoms with van der Waals surface area (Å²) in [4.78, 5) is 4.38. The Kier molecular flexibility index (Phi) is 6.87. The second-order valence-electron chi connectivity index (χ2n) is 4.86. The second-order valence-corrected chi connectivity index (χ2v) is 4.86. The summed E-state index contributed by atoms with van der Waals surface area (Å²) in [5.41, 5.74) is 1.21. The molecule has 1 aromatic heterocycles. The van der Waals surface area contributed by atoms with Gasteiger partial charge in [0.2, 0.25) is 0 Å². The van der Waals surface area contributed by atoms with E-state index in [1.165, 1.54) is 25.0 Å².